The Morgan fingerprint density at radius 2 is 1.96 bits per heavy atom. The molecule has 1 saturated carbocycles. The fourth-order valence-corrected chi connectivity index (χ4v) is 3.71. The number of rotatable bonds is 3. The Balaban J connectivity index is 1.79. The molecule has 0 aromatic heterocycles. The Kier molecular flexibility index (Phi) is 4.44. The molecule has 5 heteroatoms. The third-order valence-electron chi connectivity index (χ3n) is 4.71. The summed E-state index contributed by atoms with van der Waals surface area (Å²) in [5, 5.41) is 3.51. The molecule has 1 amide bonds. The first kappa shape index (κ1) is 16.1. The second kappa shape index (κ2) is 6.36. The third-order valence-corrected chi connectivity index (χ3v) is 5.08. The smallest absolute Gasteiger partial charge is 0.335 e. The summed E-state index contributed by atoms with van der Waals surface area (Å²) in [5.74, 6) is -0.593. The summed E-state index contributed by atoms with van der Waals surface area (Å²) in [5.41, 5.74) is 1.07. The van der Waals surface area contributed by atoms with Crippen LogP contribution in [0.3, 0.4) is 0 Å². The minimum absolute atomic E-state index is 0.227. The van der Waals surface area contributed by atoms with Crippen molar-refractivity contribution < 1.29 is 14.3 Å². The van der Waals surface area contributed by atoms with Gasteiger partial charge in [-0.1, -0.05) is 36.2 Å². The van der Waals surface area contributed by atoms with Crippen LogP contribution in [0.1, 0.15) is 44.6 Å². The van der Waals surface area contributed by atoms with Gasteiger partial charge in [0, 0.05) is 17.1 Å². The van der Waals surface area contributed by atoms with Crippen LogP contribution in [0.4, 0.5) is 0 Å². The second-order valence-corrected chi connectivity index (χ2v) is 6.63. The first-order valence-corrected chi connectivity index (χ1v) is 8.38. The summed E-state index contributed by atoms with van der Waals surface area (Å²) in [7, 11) is 0. The Morgan fingerprint density at radius 3 is 2.65 bits per heavy atom. The molecule has 0 atom stereocenters. The lowest BCUT2D eigenvalue weighted by atomic mass is 9.78. The van der Waals surface area contributed by atoms with Gasteiger partial charge in [0.15, 0.2) is 0 Å². The van der Waals surface area contributed by atoms with E-state index in [1.54, 1.807) is 13.0 Å². The maximum Gasteiger partial charge on any atom is 0.335 e. The molecule has 1 spiro atoms. The Bertz CT molecular complexity index is 675. The number of nitrogens with one attached hydrogen (secondary N) is 1. The standard InChI is InChI=1S/C18H20ClNO3/c1-12-15(18(23-17(12)22)9-5-2-6-10-18)16(21)20-11-13-7-3-4-8-14(13)19/h3-4,7-8H,2,5-6,9-11H2,1H3,(H,20,21). The van der Waals surface area contributed by atoms with Crippen molar-refractivity contribution in [2.24, 2.45) is 0 Å². The molecular formula is C18H20ClNO3. The zero-order valence-electron chi connectivity index (χ0n) is 13.2. The number of carbonyl (C=O) groups excluding carboxylic acids is 2. The molecule has 122 valence electrons. The highest BCUT2D eigenvalue weighted by molar-refractivity contribution is 6.31. The number of esters is 1. The quantitative estimate of drug-likeness (QED) is 0.861. The van der Waals surface area contributed by atoms with Crippen LogP contribution in [0.5, 0.6) is 0 Å². The van der Waals surface area contributed by atoms with Gasteiger partial charge in [-0.05, 0) is 44.2 Å². The number of halogens is 1. The average Bonchev–Trinajstić information content (AvgIpc) is 2.77. The lowest BCUT2D eigenvalue weighted by molar-refractivity contribution is -0.149. The van der Waals surface area contributed by atoms with Crippen LogP contribution in [-0.4, -0.2) is 17.5 Å². The Hall–Kier alpha value is -1.81. The molecule has 0 bridgehead atoms. The molecule has 1 N–H and O–H groups in total. The zero-order valence-corrected chi connectivity index (χ0v) is 13.9. The highest BCUT2D eigenvalue weighted by atomic mass is 35.5. The first-order valence-electron chi connectivity index (χ1n) is 8.00. The minimum atomic E-state index is -0.718. The number of hydrogen-bond acceptors (Lipinski definition) is 3. The van der Waals surface area contributed by atoms with Crippen LogP contribution in [-0.2, 0) is 20.9 Å². The van der Waals surface area contributed by atoms with Gasteiger partial charge in [0.25, 0.3) is 5.91 Å². The lowest BCUT2D eigenvalue weighted by Gasteiger charge is -2.34. The molecule has 3 rings (SSSR count). The van der Waals surface area contributed by atoms with Gasteiger partial charge in [0.2, 0.25) is 0 Å². The fourth-order valence-electron chi connectivity index (χ4n) is 3.51. The first-order chi connectivity index (χ1) is 11.0. The SMILES string of the molecule is CC1=C(C(=O)NCc2ccccc2Cl)C2(CCCCC2)OC1=O. The summed E-state index contributed by atoms with van der Waals surface area (Å²) in [6.07, 6.45) is 4.52. The molecule has 1 aliphatic carbocycles. The predicted molar refractivity (Wildman–Crippen MR) is 87.9 cm³/mol. The molecule has 4 nitrogen and oxygen atoms in total. The van der Waals surface area contributed by atoms with Crippen molar-refractivity contribution in [3.63, 3.8) is 0 Å². The van der Waals surface area contributed by atoms with Crippen LogP contribution in [0, 0.1) is 0 Å². The summed E-state index contributed by atoms with van der Waals surface area (Å²) in [6.45, 7) is 2.01. The maximum atomic E-state index is 12.7. The van der Waals surface area contributed by atoms with Crippen molar-refractivity contribution in [3.05, 3.63) is 46.0 Å². The van der Waals surface area contributed by atoms with E-state index in [2.05, 4.69) is 5.32 Å². The third kappa shape index (κ3) is 3.00. The number of hydrogen-bond donors (Lipinski definition) is 1. The molecule has 1 aliphatic heterocycles. The minimum Gasteiger partial charge on any atom is -0.451 e. The van der Waals surface area contributed by atoms with Crippen LogP contribution >= 0.6 is 11.6 Å². The maximum absolute atomic E-state index is 12.7. The summed E-state index contributed by atoms with van der Waals surface area (Å²) >= 11 is 6.12. The van der Waals surface area contributed by atoms with E-state index in [9.17, 15) is 9.59 Å². The topological polar surface area (TPSA) is 55.4 Å². The predicted octanol–water partition coefficient (Wildman–Crippen LogP) is 3.53. The molecule has 0 radical (unpaired) electrons. The van der Waals surface area contributed by atoms with Gasteiger partial charge in [-0.2, -0.15) is 0 Å². The van der Waals surface area contributed by atoms with Crippen molar-refractivity contribution in [3.8, 4) is 0 Å². The van der Waals surface area contributed by atoms with E-state index in [4.69, 9.17) is 16.3 Å². The number of ether oxygens (including phenoxy) is 1. The molecular weight excluding hydrogens is 314 g/mol. The molecule has 0 saturated heterocycles. The van der Waals surface area contributed by atoms with E-state index in [1.165, 1.54) is 0 Å². The van der Waals surface area contributed by atoms with Gasteiger partial charge in [-0.15, -0.1) is 0 Å². The molecule has 0 unspecified atom stereocenters. The van der Waals surface area contributed by atoms with Crippen LogP contribution in [0.25, 0.3) is 0 Å². The van der Waals surface area contributed by atoms with Gasteiger partial charge in [-0.3, -0.25) is 4.79 Å². The van der Waals surface area contributed by atoms with Gasteiger partial charge in [-0.25, -0.2) is 4.79 Å². The van der Waals surface area contributed by atoms with Gasteiger partial charge < -0.3 is 10.1 Å². The molecule has 1 aromatic carbocycles. The van der Waals surface area contributed by atoms with Crippen molar-refractivity contribution in [1.82, 2.24) is 5.32 Å². The molecule has 1 fully saturated rings. The lowest BCUT2D eigenvalue weighted by Crippen LogP contribution is -2.41. The molecule has 2 aliphatic rings. The van der Waals surface area contributed by atoms with Crippen molar-refractivity contribution >= 4 is 23.5 Å². The fraction of sp³-hybridized carbons (Fsp3) is 0.444. The van der Waals surface area contributed by atoms with Gasteiger partial charge >= 0.3 is 5.97 Å². The van der Waals surface area contributed by atoms with E-state index in [1.807, 2.05) is 18.2 Å². The summed E-state index contributed by atoms with van der Waals surface area (Å²) in [6, 6.07) is 7.39. The Morgan fingerprint density at radius 1 is 1.26 bits per heavy atom. The number of carbonyl (C=O) groups is 2. The second-order valence-electron chi connectivity index (χ2n) is 6.22. The van der Waals surface area contributed by atoms with E-state index in [0.29, 0.717) is 22.7 Å². The van der Waals surface area contributed by atoms with Crippen molar-refractivity contribution in [1.29, 1.82) is 0 Å². The zero-order chi connectivity index (χ0) is 16.4. The summed E-state index contributed by atoms with van der Waals surface area (Å²) in [4.78, 5) is 24.7. The number of amides is 1. The van der Waals surface area contributed by atoms with Gasteiger partial charge in [0.1, 0.15) is 5.60 Å². The van der Waals surface area contributed by atoms with Crippen molar-refractivity contribution in [2.45, 2.75) is 51.2 Å². The van der Waals surface area contributed by atoms with Crippen molar-refractivity contribution in [2.75, 3.05) is 0 Å². The van der Waals surface area contributed by atoms with E-state index < -0.39 is 5.60 Å². The van der Waals surface area contributed by atoms with Crippen LogP contribution in [0.2, 0.25) is 5.02 Å². The van der Waals surface area contributed by atoms with Crippen LogP contribution in [0.15, 0.2) is 35.4 Å². The van der Waals surface area contributed by atoms with E-state index >= 15 is 0 Å². The highest BCUT2D eigenvalue weighted by Gasteiger charge is 2.49. The number of benzene rings is 1. The van der Waals surface area contributed by atoms with Gasteiger partial charge in [0.05, 0.1) is 5.57 Å². The largest absolute Gasteiger partial charge is 0.451 e. The molecule has 1 heterocycles. The Labute approximate surface area is 140 Å². The normalized spacial score (nSPS) is 19.8. The average molecular weight is 334 g/mol. The highest BCUT2D eigenvalue weighted by Crippen LogP contribution is 2.43. The van der Waals surface area contributed by atoms with Crippen LogP contribution < -0.4 is 5.32 Å². The summed E-state index contributed by atoms with van der Waals surface area (Å²) < 4.78 is 5.61. The monoisotopic (exact) mass is 333 g/mol. The molecule has 1 aromatic rings. The molecule has 23 heavy (non-hydrogen) atoms. The van der Waals surface area contributed by atoms with E-state index in [0.717, 1.165) is 37.7 Å². The van der Waals surface area contributed by atoms with E-state index in [-0.39, 0.29) is 11.9 Å².